The molecule has 0 unspecified atom stereocenters. The Labute approximate surface area is 180 Å². The molecule has 2 aliphatic rings. The zero-order chi connectivity index (χ0) is 22.5. The average molecular weight is 448 g/mol. The Balaban J connectivity index is 1.52. The van der Waals surface area contributed by atoms with Crippen LogP contribution in [0.4, 0.5) is 4.79 Å². The molecule has 13 heteroatoms. The first-order chi connectivity index (χ1) is 14.9. The van der Waals surface area contributed by atoms with E-state index in [1.165, 1.54) is 0 Å². The number of rotatable bonds is 15. The van der Waals surface area contributed by atoms with Crippen LogP contribution in [0.15, 0.2) is 5.11 Å². The quantitative estimate of drug-likeness (QED) is 0.160. The maximum atomic E-state index is 11.0. The second-order valence-electron chi connectivity index (χ2n) is 7.36. The number of ether oxygens (including phenoxy) is 7. The van der Waals surface area contributed by atoms with Crippen LogP contribution in [0.2, 0.25) is 0 Å². The number of hydrogen-bond acceptors (Lipinski definition) is 9. The van der Waals surface area contributed by atoms with Gasteiger partial charge < -0.3 is 43.6 Å². The van der Waals surface area contributed by atoms with Crippen LogP contribution in [0.3, 0.4) is 0 Å². The standard InChI is InChI=1S/C18H32N4O9/c1-18(2)30-15-13(21-17(23)24)11-29-14(16(15)31-18)12-28-10-9-27-8-7-26-6-5-25-4-3-20-22-19/h13-16,21H,3-12H2,1-2H3,(H,23,24)/t13-,14+,15+,16-/m0/s1. The van der Waals surface area contributed by atoms with Crippen molar-refractivity contribution in [2.75, 3.05) is 66.0 Å². The van der Waals surface area contributed by atoms with Crippen LogP contribution in [0.25, 0.3) is 10.4 Å². The van der Waals surface area contributed by atoms with Gasteiger partial charge in [0.15, 0.2) is 5.79 Å². The Morgan fingerprint density at radius 2 is 1.65 bits per heavy atom. The van der Waals surface area contributed by atoms with E-state index in [4.69, 9.17) is 43.8 Å². The molecule has 2 rings (SSSR count). The summed E-state index contributed by atoms with van der Waals surface area (Å²) in [5.41, 5.74) is 8.12. The lowest BCUT2D eigenvalue weighted by molar-refractivity contribution is -0.160. The van der Waals surface area contributed by atoms with Crippen molar-refractivity contribution >= 4 is 6.09 Å². The maximum absolute atomic E-state index is 11.0. The van der Waals surface area contributed by atoms with Crippen molar-refractivity contribution in [1.29, 1.82) is 0 Å². The van der Waals surface area contributed by atoms with Gasteiger partial charge in [0.2, 0.25) is 0 Å². The number of hydrogen-bond donors (Lipinski definition) is 2. The van der Waals surface area contributed by atoms with Gasteiger partial charge in [-0.15, -0.1) is 0 Å². The monoisotopic (exact) mass is 448 g/mol. The summed E-state index contributed by atoms with van der Waals surface area (Å²) >= 11 is 0. The molecule has 0 aromatic carbocycles. The molecule has 2 saturated heterocycles. The Bertz CT molecular complexity index is 588. The molecule has 13 nitrogen and oxygen atoms in total. The third-order valence-corrected chi connectivity index (χ3v) is 4.52. The van der Waals surface area contributed by atoms with E-state index in [0.717, 1.165) is 0 Å². The van der Waals surface area contributed by atoms with Crippen molar-refractivity contribution < 1.29 is 43.1 Å². The van der Waals surface area contributed by atoms with Crippen molar-refractivity contribution in [1.82, 2.24) is 5.32 Å². The Morgan fingerprint density at radius 1 is 1.06 bits per heavy atom. The van der Waals surface area contributed by atoms with E-state index in [2.05, 4.69) is 15.3 Å². The van der Waals surface area contributed by atoms with E-state index in [-0.39, 0.29) is 19.3 Å². The zero-order valence-electron chi connectivity index (χ0n) is 17.9. The number of fused-ring (bicyclic) bond motifs is 1. The molecule has 2 heterocycles. The summed E-state index contributed by atoms with van der Waals surface area (Å²) in [5.74, 6) is -0.821. The normalized spacial score (nSPS) is 26.8. The van der Waals surface area contributed by atoms with Gasteiger partial charge in [-0.05, 0) is 19.4 Å². The molecular weight excluding hydrogens is 416 g/mol. The highest BCUT2D eigenvalue weighted by Gasteiger charge is 2.52. The van der Waals surface area contributed by atoms with Crippen LogP contribution in [0, 0.1) is 0 Å². The molecule has 0 saturated carbocycles. The van der Waals surface area contributed by atoms with Crippen molar-refractivity contribution in [3.05, 3.63) is 10.4 Å². The highest BCUT2D eigenvalue weighted by molar-refractivity contribution is 5.65. The first kappa shape index (κ1) is 25.6. The summed E-state index contributed by atoms with van der Waals surface area (Å²) in [7, 11) is 0. The van der Waals surface area contributed by atoms with Gasteiger partial charge in [0.1, 0.15) is 18.3 Å². The predicted octanol–water partition coefficient (Wildman–Crippen LogP) is 0.918. The first-order valence-electron chi connectivity index (χ1n) is 10.2. The Morgan fingerprint density at radius 3 is 2.26 bits per heavy atom. The summed E-state index contributed by atoms with van der Waals surface area (Å²) < 4.78 is 39.2. The van der Waals surface area contributed by atoms with Crippen LogP contribution in [0.1, 0.15) is 13.8 Å². The van der Waals surface area contributed by atoms with Gasteiger partial charge in [0, 0.05) is 11.5 Å². The molecule has 1 amide bonds. The second-order valence-corrected chi connectivity index (χ2v) is 7.36. The molecule has 0 radical (unpaired) electrons. The number of carbonyl (C=O) groups is 1. The molecule has 0 spiro atoms. The van der Waals surface area contributed by atoms with Crippen LogP contribution < -0.4 is 5.32 Å². The molecule has 2 fully saturated rings. The van der Waals surface area contributed by atoms with Crippen LogP contribution in [-0.2, 0) is 33.2 Å². The van der Waals surface area contributed by atoms with Crippen molar-refractivity contribution in [2.45, 2.75) is 44.0 Å². The van der Waals surface area contributed by atoms with E-state index in [0.29, 0.717) is 52.8 Å². The van der Waals surface area contributed by atoms with E-state index >= 15 is 0 Å². The van der Waals surface area contributed by atoms with E-state index < -0.39 is 30.1 Å². The molecule has 31 heavy (non-hydrogen) atoms. The molecule has 4 atom stereocenters. The zero-order valence-corrected chi connectivity index (χ0v) is 17.9. The second kappa shape index (κ2) is 13.7. The molecule has 2 aliphatic heterocycles. The fraction of sp³-hybridized carbons (Fsp3) is 0.944. The van der Waals surface area contributed by atoms with Crippen LogP contribution in [0.5, 0.6) is 0 Å². The predicted molar refractivity (Wildman–Crippen MR) is 106 cm³/mol. The third-order valence-electron chi connectivity index (χ3n) is 4.52. The molecule has 2 N–H and O–H groups in total. The summed E-state index contributed by atoms with van der Waals surface area (Å²) in [4.78, 5) is 13.6. The third kappa shape index (κ3) is 9.54. The van der Waals surface area contributed by atoms with Crippen molar-refractivity contribution in [2.24, 2.45) is 5.11 Å². The molecule has 178 valence electrons. The number of carboxylic acid groups (broad SMARTS) is 1. The fourth-order valence-corrected chi connectivity index (χ4v) is 3.27. The van der Waals surface area contributed by atoms with Gasteiger partial charge in [-0.1, -0.05) is 5.11 Å². The molecule has 0 aromatic rings. The lowest BCUT2D eigenvalue weighted by Crippen LogP contribution is -2.58. The van der Waals surface area contributed by atoms with E-state index in [1.54, 1.807) is 13.8 Å². The summed E-state index contributed by atoms with van der Waals surface area (Å²) in [6.45, 7) is 7.24. The van der Waals surface area contributed by atoms with Crippen LogP contribution >= 0.6 is 0 Å². The average Bonchev–Trinajstić information content (AvgIpc) is 3.05. The molecule has 0 aliphatic carbocycles. The van der Waals surface area contributed by atoms with Gasteiger partial charge in [-0.25, -0.2) is 4.79 Å². The van der Waals surface area contributed by atoms with E-state index in [9.17, 15) is 4.79 Å². The molecule has 0 aromatic heterocycles. The SMILES string of the molecule is CC1(C)O[C@@H]2[C@H](O1)[C@@H](NC(=O)O)CO[C@@H]2COCCOCCOCCOCCN=[N+]=[N-]. The summed E-state index contributed by atoms with van der Waals surface area (Å²) in [6, 6.07) is -0.500. The molecular formula is C18H32N4O9. The van der Waals surface area contributed by atoms with Gasteiger partial charge in [0.05, 0.1) is 65.5 Å². The van der Waals surface area contributed by atoms with Gasteiger partial charge in [0.25, 0.3) is 0 Å². The highest BCUT2D eigenvalue weighted by atomic mass is 16.8. The molecule has 0 bridgehead atoms. The Hall–Kier alpha value is -1.70. The number of azide groups is 1. The Kier molecular flexibility index (Phi) is 11.3. The van der Waals surface area contributed by atoms with E-state index in [1.807, 2.05) is 0 Å². The van der Waals surface area contributed by atoms with Gasteiger partial charge >= 0.3 is 6.09 Å². The smallest absolute Gasteiger partial charge is 0.405 e. The number of amides is 1. The minimum atomic E-state index is -1.13. The maximum Gasteiger partial charge on any atom is 0.405 e. The summed E-state index contributed by atoms with van der Waals surface area (Å²) in [6.07, 6.45) is -2.36. The topological polar surface area (TPSA) is 163 Å². The minimum absolute atomic E-state index is 0.185. The largest absolute Gasteiger partial charge is 0.465 e. The van der Waals surface area contributed by atoms with Crippen LogP contribution in [-0.4, -0.2) is 107 Å². The fourth-order valence-electron chi connectivity index (χ4n) is 3.27. The van der Waals surface area contributed by atoms with Gasteiger partial charge in [-0.2, -0.15) is 0 Å². The lowest BCUT2D eigenvalue weighted by atomic mass is 9.98. The van der Waals surface area contributed by atoms with Gasteiger partial charge in [-0.3, -0.25) is 0 Å². The number of nitrogens with zero attached hydrogens (tertiary/aromatic N) is 3. The highest BCUT2D eigenvalue weighted by Crippen LogP contribution is 2.35. The lowest BCUT2D eigenvalue weighted by Gasteiger charge is -2.36. The first-order valence-corrected chi connectivity index (χ1v) is 10.2. The summed E-state index contributed by atoms with van der Waals surface area (Å²) in [5, 5.41) is 14.8. The van der Waals surface area contributed by atoms with Crippen molar-refractivity contribution in [3.8, 4) is 0 Å². The minimum Gasteiger partial charge on any atom is -0.465 e. The number of nitrogens with one attached hydrogen (secondary N) is 1. The van der Waals surface area contributed by atoms with Crippen molar-refractivity contribution in [3.63, 3.8) is 0 Å².